The van der Waals surface area contributed by atoms with Crippen LogP contribution >= 0.6 is 0 Å². The normalized spacial score (nSPS) is 22.7. The largest absolute Gasteiger partial charge is 0.466 e. The molecule has 0 saturated carbocycles. The molecule has 1 heterocycles. The van der Waals surface area contributed by atoms with E-state index in [0.29, 0.717) is 13.2 Å². The summed E-state index contributed by atoms with van der Waals surface area (Å²) in [5, 5.41) is 3.02. The number of anilines is 1. The van der Waals surface area contributed by atoms with Gasteiger partial charge in [-0.15, -0.1) is 0 Å². The number of nitrogens with one attached hydrogen (secondary N) is 2. The summed E-state index contributed by atoms with van der Waals surface area (Å²) >= 11 is 0. The fraction of sp³-hybridized carbons (Fsp3) is 0.579. The summed E-state index contributed by atoms with van der Waals surface area (Å²) in [5.74, 6) is -0.0230. The van der Waals surface area contributed by atoms with Gasteiger partial charge in [-0.2, -0.15) is 0 Å². The van der Waals surface area contributed by atoms with E-state index in [1.165, 1.54) is 22.4 Å². The van der Waals surface area contributed by atoms with Crippen LogP contribution in [0.4, 0.5) is 5.69 Å². The van der Waals surface area contributed by atoms with Gasteiger partial charge in [-0.05, 0) is 49.4 Å². The SMILES string of the molecule is CCOC(=O)C1CC[NH+](CC(=O)Nc2ccc3c(c2)CCC3)CC1. The smallest absolute Gasteiger partial charge is 0.309 e. The Kier molecular flexibility index (Phi) is 5.51. The Morgan fingerprint density at radius 2 is 1.96 bits per heavy atom. The van der Waals surface area contributed by atoms with Gasteiger partial charge in [0.25, 0.3) is 5.91 Å². The number of hydrogen-bond donors (Lipinski definition) is 2. The van der Waals surface area contributed by atoms with E-state index in [9.17, 15) is 9.59 Å². The number of hydrogen-bond acceptors (Lipinski definition) is 3. The average Bonchev–Trinajstić information content (AvgIpc) is 3.03. The first-order valence-corrected chi connectivity index (χ1v) is 9.07. The van der Waals surface area contributed by atoms with Crippen molar-refractivity contribution in [2.45, 2.75) is 39.0 Å². The topological polar surface area (TPSA) is 59.8 Å². The molecule has 2 N–H and O–H groups in total. The second kappa shape index (κ2) is 7.79. The van der Waals surface area contributed by atoms with Crippen molar-refractivity contribution in [3.8, 4) is 0 Å². The number of benzene rings is 1. The number of amides is 1. The van der Waals surface area contributed by atoms with Crippen LogP contribution in [-0.4, -0.2) is 38.1 Å². The molecule has 0 unspecified atom stereocenters. The van der Waals surface area contributed by atoms with Gasteiger partial charge in [-0.25, -0.2) is 0 Å². The van der Waals surface area contributed by atoms with Gasteiger partial charge in [0.2, 0.25) is 0 Å². The lowest BCUT2D eigenvalue weighted by Gasteiger charge is -2.27. The number of piperidine rings is 1. The zero-order valence-corrected chi connectivity index (χ0v) is 14.4. The number of esters is 1. The molecular formula is C19H27N2O3+. The van der Waals surface area contributed by atoms with E-state index in [-0.39, 0.29) is 17.8 Å². The highest BCUT2D eigenvalue weighted by Crippen LogP contribution is 2.24. The molecule has 0 radical (unpaired) electrons. The molecule has 0 spiro atoms. The molecule has 1 amide bonds. The molecule has 1 aliphatic carbocycles. The van der Waals surface area contributed by atoms with Crippen molar-refractivity contribution in [3.05, 3.63) is 29.3 Å². The summed E-state index contributed by atoms with van der Waals surface area (Å²) in [5.41, 5.74) is 3.69. The van der Waals surface area contributed by atoms with Crippen molar-refractivity contribution in [2.24, 2.45) is 5.92 Å². The van der Waals surface area contributed by atoms with Crippen molar-refractivity contribution < 1.29 is 19.2 Å². The standard InChI is InChI=1S/C19H26N2O3/c1-2-24-19(23)15-8-10-21(11-9-15)13-18(22)20-17-7-6-14-4-3-5-16(14)12-17/h6-7,12,15H,2-5,8-11,13H2,1H3,(H,20,22)/p+1. The van der Waals surface area contributed by atoms with Crippen LogP contribution in [0.15, 0.2) is 18.2 Å². The summed E-state index contributed by atoms with van der Waals surface area (Å²) in [6.07, 6.45) is 5.10. The van der Waals surface area contributed by atoms with Crippen LogP contribution in [0.25, 0.3) is 0 Å². The molecule has 1 saturated heterocycles. The van der Waals surface area contributed by atoms with Gasteiger partial charge in [0, 0.05) is 18.5 Å². The average molecular weight is 331 g/mol. The van der Waals surface area contributed by atoms with E-state index in [2.05, 4.69) is 17.4 Å². The molecule has 0 bridgehead atoms. The van der Waals surface area contributed by atoms with E-state index >= 15 is 0 Å². The molecule has 1 aromatic carbocycles. The Balaban J connectivity index is 1.45. The quantitative estimate of drug-likeness (QED) is 0.791. The van der Waals surface area contributed by atoms with Gasteiger partial charge in [-0.1, -0.05) is 6.07 Å². The number of rotatable bonds is 5. The molecule has 5 heteroatoms. The van der Waals surface area contributed by atoms with Crippen molar-refractivity contribution >= 4 is 17.6 Å². The van der Waals surface area contributed by atoms with Gasteiger partial charge >= 0.3 is 5.97 Å². The maximum Gasteiger partial charge on any atom is 0.309 e. The number of carbonyl (C=O) groups excluding carboxylic acids is 2. The molecule has 3 rings (SSSR count). The highest BCUT2D eigenvalue weighted by atomic mass is 16.5. The highest BCUT2D eigenvalue weighted by molar-refractivity contribution is 5.91. The maximum atomic E-state index is 12.3. The van der Waals surface area contributed by atoms with Crippen LogP contribution in [0.2, 0.25) is 0 Å². The first-order valence-electron chi connectivity index (χ1n) is 9.07. The van der Waals surface area contributed by atoms with E-state index in [1.807, 2.05) is 13.0 Å². The first kappa shape index (κ1) is 17.0. The minimum Gasteiger partial charge on any atom is -0.466 e. The monoisotopic (exact) mass is 331 g/mol. The first-order chi connectivity index (χ1) is 11.7. The van der Waals surface area contributed by atoms with Crippen molar-refractivity contribution in [1.82, 2.24) is 0 Å². The second-order valence-corrected chi connectivity index (χ2v) is 6.84. The van der Waals surface area contributed by atoms with E-state index in [4.69, 9.17) is 4.74 Å². The van der Waals surface area contributed by atoms with Crippen LogP contribution in [-0.2, 0) is 27.2 Å². The van der Waals surface area contributed by atoms with Crippen LogP contribution in [0.1, 0.15) is 37.3 Å². The van der Waals surface area contributed by atoms with Gasteiger partial charge < -0.3 is 15.0 Å². The fourth-order valence-electron chi connectivity index (χ4n) is 3.78. The van der Waals surface area contributed by atoms with Crippen molar-refractivity contribution in [1.29, 1.82) is 0 Å². The lowest BCUT2D eigenvalue weighted by molar-refractivity contribution is -0.897. The number of likely N-dealkylation sites (tertiary alicyclic amines) is 1. The van der Waals surface area contributed by atoms with E-state index in [0.717, 1.165) is 44.5 Å². The Morgan fingerprint density at radius 3 is 2.71 bits per heavy atom. The summed E-state index contributed by atoms with van der Waals surface area (Å²) in [7, 11) is 0. The molecule has 5 nitrogen and oxygen atoms in total. The lowest BCUT2D eigenvalue weighted by Crippen LogP contribution is -3.14. The third-order valence-electron chi connectivity index (χ3n) is 5.11. The minimum atomic E-state index is -0.0841. The Morgan fingerprint density at radius 1 is 1.21 bits per heavy atom. The van der Waals surface area contributed by atoms with Gasteiger partial charge in [0.15, 0.2) is 6.54 Å². The number of aryl methyl sites for hydroxylation is 2. The Bertz CT molecular complexity index is 607. The van der Waals surface area contributed by atoms with Gasteiger partial charge in [0.1, 0.15) is 0 Å². The fourth-order valence-corrected chi connectivity index (χ4v) is 3.78. The van der Waals surface area contributed by atoms with Crippen molar-refractivity contribution in [3.63, 3.8) is 0 Å². The summed E-state index contributed by atoms with van der Waals surface area (Å²) in [6.45, 7) is 4.44. The Hall–Kier alpha value is -1.88. The van der Waals surface area contributed by atoms with E-state index < -0.39 is 0 Å². The highest BCUT2D eigenvalue weighted by Gasteiger charge is 2.29. The molecule has 0 atom stereocenters. The molecule has 1 aliphatic heterocycles. The van der Waals surface area contributed by atoms with Gasteiger partial charge in [-0.3, -0.25) is 9.59 Å². The summed E-state index contributed by atoms with van der Waals surface area (Å²) < 4.78 is 5.09. The predicted octanol–water partition coefficient (Wildman–Crippen LogP) is 0.972. The molecule has 24 heavy (non-hydrogen) atoms. The molecule has 2 aliphatic rings. The maximum absolute atomic E-state index is 12.3. The summed E-state index contributed by atoms with van der Waals surface area (Å²) in [4.78, 5) is 25.3. The second-order valence-electron chi connectivity index (χ2n) is 6.84. The molecule has 1 fully saturated rings. The zero-order chi connectivity index (χ0) is 16.9. The predicted molar refractivity (Wildman–Crippen MR) is 92.0 cm³/mol. The van der Waals surface area contributed by atoms with Crippen LogP contribution < -0.4 is 10.2 Å². The summed E-state index contributed by atoms with van der Waals surface area (Å²) in [6, 6.07) is 6.25. The van der Waals surface area contributed by atoms with Crippen LogP contribution in [0, 0.1) is 5.92 Å². The van der Waals surface area contributed by atoms with Crippen molar-refractivity contribution in [2.75, 3.05) is 31.6 Å². The number of ether oxygens (including phenoxy) is 1. The van der Waals surface area contributed by atoms with Crippen LogP contribution in [0.3, 0.4) is 0 Å². The third kappa shape index (κ3) is 4.15. The molecular weight excluding hydrogens is 304 g/mol. The molecule has 0 aromatic heterocycles. The minimum absolute atomic E-state index is 0.00784. The van der Waals surface area contributed by atoms with E-state index in [1.54, 1.807) is 0 Å². The third-order valence-corrected chi connectivity index (χ3v) is 5.11. The molecule has 1 aromatic rings. The Labute approximate surface area is 143 Å². The lowest BCUT2D eigenvalue weighted by atomic mass is 9.97. The number of fused-ring (bicyclic) bond motifs is 1. The van der Waals surface area contributed by atoms with Gasteiger partial charge in [0.05, 0.1) is 25.6 Å². The zero-order valence-electron chi connectivity index (χ0n) is 14.4. The number of carbonyl (C=O) groups is 2. The molecule has 130 valence electrons. The van der Waals surface area contributed by atoms with Crippen LogP contribution in [0.5, 0.6) is 0 Å². The number of quaternary nitrogens is 1.